The Kier molecular flexibility index (Phi) is 3.69. The SMILES string of the molecule is O=C(O)c1cccc(C2CC(NC(=O)C(F)(F)F)C2)c1. The third kappa shape index (κ3) is 3.09. The van der Waals surface area contributed by atoms with E-state index in [-0.39, 0.29) is 11.5 Å². The number of nitrogens with one attached hydrogen (secondary N) is 1. The van der Waals surface area contributed by atoms with E-state index in [1.54, 1.807) is 12.1 Å². The minimum Gasteiger partial charge on any atom is -0.478 e. The van der Waals surface area contributed by atoms with Crippen molar-refractivity contribution in [2.45, 2.75) is 31.0 Å². The maximum absolute atomic E-state index is 12.1. The molecule has 0 saturated heterocycles. The summed E-state index contributed by atoms with van der Waals surface area (Å²) in [6, 6.07) is 5.78. The standard InChI is InChI=1S/C13H12F3NO3/c14-13(15,16)12(20)17-10-5-9(6-10)7-2-1-3-8(4-7)11(18)19/h1-4,9-10H,5-6H2,(H,17,20)(H,18,19). The zero-order chi connectivity index (χ0) is 14.9. The third-order valence-electron chi connectivity index (χ3n) is 3.34. The third-order valence-corrected chi connectivity index (χ3v) is 3.34. The largest absolute Gasteiger partial charge is 0.478 e. The predicted molar refractivity (Wildman–Crippen MR) is 63.4 cm³/mol. The van der Waals surface area contributed by atoms with E-state index < -0.39 is 24.1 Å². The van der Waals surface area contributed by atoms with Crippen LogP contribution in [0.1, 0.15) is 34.7 Å². The summed E-state index contributed by atoms with van der Waals surface area (Å²) in [5.74, 6) is -3.00. The van der Waals surface area contributed by atoms with E-state index in [2.05, 4.69) is 0 Å². The molecule has 0 radical (unpaired) electrons. The number of benzene rings is 1. The second-order valence-corrected chi connectivity index (χ2v) is 4.77. The monoisotopic (exact) mass is 287 g/mol. The minimum absolute atomic E-state index is 0.0205. The van der Waals surface area contributed by atoms with E-state index in [4.69, 9.17) is 5.11 Å². The smallest absolute Gasteiger partial charge is 0.471 e. The number of alkyl halides is 3. The van der Waals surface area contributed by atoms with E-state index >= 15 is 0 Å². The average Bonchev–Trinajstić information content (AvgIpc) is 2.31. The first kappa shape index (κ1) is 14.4. The summed E-state index contributed by atoms with van der Waals surface area (Å²) >= 11 is 0. The van der Waals surface area contributed by atoms with E-state index in [9.17, 15) is 22.8 Å². The molecular weight excluding hydrogens is 275 g/mol. The lowest BCUT2D eigenvalue weighted by molar-refractivity contribution is -0.175. The van der Waals surface area contributed by atoms with Gasteiger partial charge in [-0.05, 0) is 36.5 Å². The van der Waals surface area contributed by atoms with Crippen molar-refractivity contribution in [3.63, 3.8) is 0 Å². The fourth-order valence-electron chi connectivity index (χ4n) is 2.20. The van der Waals surface area contributed by atoms with Crippen molar-refractivity contribution in [3.8, 4) is 0 Å². The van der Waals surface area contributed by atoms with Gasteiger partial charge in [-0.2, -0.15) is 13.2 Å². The van der Waals surface area contributed by atoms with Gasteiger partial charge in [-0.1, -0.05) is 12.1 Å². The minimum atomic E-state index is -4.87. The Morgan fingerprint density at radius 1 is 1.25 bits per heavy atom. The predicted octanol–water partition coefficient (Wildman–Crippen LogP) is 2.31. The van der Waals surface area contributed by atoms with Gasteiger partial charge in [-0.25, -0.2) is 4.79 Å². The number of carboxylic acid groups (broad SMARTS) is 1. The summed E-state index contributed by atoms with van der Waals surface area (Å²) in [4.78, 5) is 21.6. The molecule has 0 heterocycles. The first-order valence-electron chi connectivity index (χ1n) is 5.98. The Morgan fingerprint density at radius 3 is 2.45 bits per heavy atom. The molecule has 1 aromatic rings. The summed E-state index contributed by atoms with van der Waals surface area (Å²) in [6.45, 7) is 0. The Labute approximate surface area is 112 Å². The Bertz CT molecular complexity index is 536. The van der Waals surface area contributed by atoms with E-state index in [1.807, 2.05) is 5.32 Å². The molecular formula is C13H12F3NO3. The molecule has 1 fully saturated rings. The van der Waals surface area contributed by atoms with Crippen LogP contribution in [0.4, 0.5) is 13.2 Å². The molecule has 108 valence electrons. The van der Waals surface area contributed by atoms with Crippen molar-refractivity contribution in [2.24, 2.45) is 0 Å². The van der Waals surface area contributed by atoms with Crippen LogP contribution in [0, 0.1) is 0 Å². The fourth-order valence-corrected chi connectivity index (χ4v) is 2.20. The topological polar surface area (TPSA) is 66.4 Å². The molecule has 0 aliphatic heterocycles. The molecule has 1 amide bonds. The van der Waals surface area contributed by atoms with Gasteiger partial charge in [-0.3, -0.25) is 4.79 Å². The first-order chi connectivity index (χ1) is 9.27. The van der Waals surface area contributed by atoms with Crippen LogP contribution in [0.15, 0.2) is 24.3 Å². The van der Waals surface area contributed by atoms with Crippen molar-refractivity contribution in [3.05, 3.63) is 35.4 Å². The number of hydrogen-bond acceptors (Lipinski definition) is 2. The van der Waals surface area contributed by atoms with Crippen LogP contribution in [-0.4, -0.2) is 29.2 Å². The molecule has 0 bridgehead atoms. The number of rotatable bonds is 3. The van der Waals surface area contributed by atoms with Crippen LogP contribution in [0.5, 0.6) is 0 Å². The number of halogens is 3. The number of carboxylic acids is 1. The molecule has 0 atom stereocenters. The van der Waals surface area contributed by atoms with Crippen molar-refractivity contribution in [2.75, 3.05) is 0 Å². The van der Waals surface area contributed by atoms with Gasteiger partial charge in [0.05, 0.1) is 5.56 Å². The zero-order valence-electron chi connectivity index (χ0n) is 10.3. The lowest BCUT2D eigenvalue weighted by atomic mass is 9.75. The highest BCUT2D eigenvalue weighted by Gasteiger charge is 2.42. The molecule has 1 aliphatic carbocycles. The highest BCUT2D eigenvalue weighted by Crippen LogP contribution is 2.37. The molecule has 7 heteroatoms. The Morgan fingerprint density at radius 2 is 1.90 bits per heavy atom. The van der Waals surface area contributed by atoms with Crippen molar-refractivity contribution < 1.29 is 27.9 Å². The van der Waals surface area contributed by atoms with E-state index in [0.29, 0.717) is 12.8 Å². The van der Waals surface area contributed by atoms with Gasteiger partial charge in [0.25, 0.3) is 0 Å². The fraction of sp³-hybridized carbons (Fsp3) is 0.385. The van der Waals surface area contributed by atoms with Gasteiger partial charge >= 0.3 is 18.1 Å². The van der Waals surface area contributed by atoms with Crippen LogP contribution in [0.25, 0.3) is 0 Å². The summed E-state index contributed by atoms with van der Waals surface area (Å²) in [5.41, 5.74) is 0.910. The van der Waals surface area contributed by atoms with Crippen LogP contribution in [0.2, 0.25) is 0 Å². The number of amides is 1. The number of hydrogen-bond donors (Lipinski definition) is 2. The maximum Gasteiger partial charge on any atom is 0.471 e. The molecule has 4 nitrogen and oxygen atoms in total. The summed E-state index contributed by atoms with van der Waals surface area (Å²) in [7, 11) is 0. The number of carbonyl (C=O) groups is 2. The second kappa shape index (κ2) is 5.15. The summed E-state index contributed by atoms with van der Waals surface area (Å²) < 4.78 is 36.2. The van der Waals surface area contributed by atoms with E-state index in [1.165, 1.54) is 12.1 Å². The highest BCUT2D eigenvalue weighted by molar-refractivity contribution is 5.87. The van der Waals surface area contributed by atoms with Crippen LogP contribution in [0.3, 0.4) is 0 Å². The molecule has 2 rings (SSSR count). The van der Waals surface area contributed by atoms with Crippen LogP contribution >= 0.6 is 0 Å². The normalized spacial score (nSPS) is 21.9. The lowest BCUT2D eigenvalue weighted by Crippen LogP contribution is -2.48. The molecule has 1 aromatic carbocycles. The molecule has 1 saturated carbocycles. The molecule has 0 unspecified atom stereocenters. The Balaban J connectivity index is 1.92. The highest BCUT2D eigenvalue weighted by atomic mass is 19.4. The number of carbonyl (C=O) groups excluding carboxylic acids is 1. The Hall–Kier alpha value is -2.05. The van der Waals surface area contributed by atoms with Crippen molar-refractivity contribution in [1.82, 2.24) is 5.32 Å². The van der Waals surface area contributed by atoms with Gasteiger partial charge in [0, 0.05) is 6.04 Å². The van der Waals surface area contributed by atoms with Crippen LogP contribution in [-0.2, 0) is 4.79 Å². The molecule has 0 aromatic heterocycles. The molecule has 1 aliphatic rings. The average molecular weight is 287 g/mol. The quantitative estimate of drug-likeness (QED) is 0.896. The molecule has 2 N–H and O–H groups in total. The van der Waals surface area contributed by atoms with Gasteiger partial charge in [0.2, 0.25) is 0 Å². The summed E-state index contributed by atoms with van der Waals surface area (Å²) in [5, 5.41) is 10.8. The van der Waals surface area contributed by atoms with Gasteiger partial charge < -0.3 is 10.4 Å². The maximum atomic E-state index is 12.1. The van der Waals surface area contributed by atoms with Crippen LogP contribution < -0.4 is 5.32 Å². The number of aromatic carboxylic acids is 1. The van der Waals surface area contributed by atoms with Crippen molar-refractivity contribution in [1.29, 1.82) is 0 Å². The van der Waals surface area contributed by atoms with Crippen molar-refractivity contribution >= 4 is 11.9 Å². The molecule has 0 spiro atoms. The van der Waals surface area contributed by atoms with Gasteiger partial charge in [0.1, 0.15) is 0 Å². The lowest BCUT2D eigenvalue weighted by Gasteiger charge is -2.36. The zero-order valence-corrected chi connectivity index (χ0v) is 10.3. The van der Waals surface area contributed by atoms with E-state index in [0.717, 1.165) is 5.56 Å². The second-order valence-electron chi connectivity index (χ2n) is 4.77. The van der Waals surface area contributed by atoms with Gasteiger partial charge in [0.15, 0.2) is 0 Å². The molecule has 20 heavy (non-hydrogen) atoms. The summed E-state index contributed by atoms with van der Waals surface area (Å²) in [6.07, 6.45) is -4.11. The van der Waals surface area contributed by atoms with Gasteiger partial charge in [-0.15, -0.1) is 0 Å². The first-order valence-corrected chi connectivity index (χ1v) is 5.98.